The molecule has 2 aromatic rings. The van der Waals surface area contributed by atoms with Crippen molar-refractivity contribution < 1.29 is 4.39 Å². The Kier molecular flexibility index (Phi) is 2.75. The second-order valence-electron chi connectivity index (χ2n) is 3.91. The number of rotatable bonds is 2. The number of imidazole rings is 1. The molecule has 0 aliphatic rings. The predicted octanol–water partition coefficient (Wildman–Crippen LogP) is 2.34. The number of halogens is 1. The Labute approximate surface area is 93.7 Å². The molecule has 0 aliphatic heterocycles. The highest BCUT2D eigenvalue weighted by Crippen LogP contribution is 2.18. The van der Waals surface area contributed by atoms with E-state index in [4.69, 9.17) is 5.73 Å². The Morgan fingerprint density at radius 3 is 2.81 bits per heavy atom. The van der Waals surface area contributed by atoms with Crippen molar-refractivity contribution in [2.45, 2.75) is 19.9 Å². The molecule has 16 heavy (non-hydrogen) atoms. The van der Waals surface area contributed by atoms with Crippen LogP contribution in [0.1, 0.15) is 24.2 Å². The number of aryl methyl sites for hydroxylation is 1. The molecule has 0 radical (unpaired) electrons. The van der Waals surface area contributed by atoms with Crippen LogP contribution in [0.3, 0.4) is 0 Å². The Morgan fingerprint density at radius 1 is 1.44 bits per heavy atom. The first-order chi connectivity index (χ1) is 7.59. The third-order valence-electron chi connectivity index (χ3n) is 2.57. The van der Waals surface area contributed by atoms with E-state index in [1.165, 1.54) is 6.07 Å². The van der Waals surface area contributed by atoms with Gasteiger partial charge in [0.25, 0.3) is 0 Å². The Morgan fingerprint density at radius 2 is 2.19 bits per heavy atom. The second kappa shape index (κ2) is 4.06. The lowest BCUT2D eigenvalue weighted by Gasteiger charge is -2.11. The normalized spacial score (nSPS) is 12.8. The number of hydrogen-bond acceptors (Lipinski definition) is 2. The molecule has 1 aromatic carbocycles. The van der Waals surface area contributed by atoms with Crippen LogP contribution in [0.4, 0.5) is 4.39 Å². The number of nitrogens with zero attached hydrogens (tertiary/aromatic N) is 2. The largest absolute Gasteiger partial charge is 0.323 e. The van der Waals surface area contributed by atoms with Gasteiger partial charge in [0, 0.05) is 11.7 Å². The van der Waals surface area contributed by atoms with Crippen LogP contribution in [0.25, 0.3) is 5.69 Å². The third kappa shape index (κ3) is 1.84. The average Bonchev–Trinajstić information content (AvgIpc) is 2.71. The van der Waals surface area contributed by atoms with E-state index in [9.17, 15) is 4.39 Å². The number of benzene rings is 1. The number of aromatic nitrogens is 2. The summed E-state index contributed by atoms with van der Waals surface area (Å²) in [6, 6.07) is 4.96. The van der Waals surface area contributed by atoms with Crippen LogP contribution >= 0.6 is 0 Å². The molecule has 0 aliphatic carbocycles. The van der Waals surface area contributed by atoms with Crippen molar-refractivity contribution in [1.29, 1.82) is 0 Å². The van der Waals surface area contributed by atoms with Gasteiger partial charge >= 0.3 is 0 Å². The van der Waals surface area contributed by atoms with Gasteiger partial charge in [-0.25, -0.2) is 9.37 Å². The van der Waals surface area contributed by atoms with Crippen molar-refractivity contribution in [2.75, 3.05) is 0 Å². The van der Waals surface area contributed by atoms with E-state index in [1.54, 1.807) is 30.1 Å². The summed E-state index contributed by atoms with van der Waals surface area (Å²) in [6.07, 6.45) is 3.34. The van der Waals surface area contributed by atoms with Crippen LogP contribution in [0.2, 0.25) is 0 Å². The van der Waals surface area contributed by atoms with Crippen LogP contribution in [0.15, 0.2) is 30.7 Å². The fraction of sp³-hybridized carbons (Fsp3) is 0.250. The SMILES string of the molecule is Cc1ccc(-n2cncc2[C@@H](C)N)cc1F. The van der Waals surface area contributed by atoms with E-state index < -0.39 is 0 Å². The molecule has 4 heteroatoms. The lowest BCUT2D eigenvalue weighted by molar-refractivity contribution is 0.616. The second-order valence-corrected chi connectivity index (χ2v) is 3.91. The van der Waals surface area contributed by atoms with Crippen molar-refractivity contribution >= 4 is 0 Å². The molecule has 1 atom stereocenters. The quantitative estimate of drug-likeness (QED) is 0.842. The Balaban J connectivity index is 2.50. The van der Waals surface area contributed by atoms with Crippen molar-refractivity contribution in [3.05, 3.63) is 47.8 Å². The molecule has 0 bridgehead atoms. The predicted molar refractivity (Wildman–Crippen MR) is 60.9 cm³/mol. The molecule has 2 rings (SSSR count). The molecule has 2 N–H and O–H groups in total. The summed E-state index contributed by atoms with van der Waals surface area (Å²) in [5.74, 6) is -0.221. The van der Waals surface area contributed by atoms with E-state index >= 15 is 0 Å². The number of hydrogen-bond donors (Lipinski definition) is 1. The maximum Gasteiger partial charge on any atom is 0.128 e. The molecular formula is C12H14FN3. The highest BCUT2D eigenvalue weighted by Gasteiger charge is 2.09. The standard InChI is InChI=1S/C12H14FN3/c1-8-3-4-10(5-11(8)13)16-7-15-6-12(16)9(2)14/h3-7,9H,14H2,1-2H3/t9-/m1/s1. The first kappa shape index (κ1) is 10.8. The summed E-state index contributed by atoms with van der Waals surface area (Å²) in [4.78, 5) is 4.03. The molecule has 0 spiro atoms. The summed E-state index contributed by atoms with van der Waals surface area (Å²) in [6.45, 7) is 3.61. The molecule has 1 aromatic heterocycles. The molecular weight excluding hydrogens is 205 g/mol. The molecule has 0 unspecified atom stereocenters. The summed E-state index contributed by atoms with van der Waals surface area (Å²) < 4.78 is 15.2. The van der Waals surface area contributed by atoms with E-state index in [2.05, 4.69) is 4.98 Å². The zero-order valence-corrected chi connectivity index (χ0v) is 9.31. The zero-order valence-electron chi connectivity index (χ0n) is 9.31. The average molecular weight is 219 g/mol. The lowest BCUT2D eigenvalue weighted by atomic mass is 10.2. The molecule has 0 fully saturated rings. The van der Waals surface area contributed by atoms with Crippen LogP contribution in [0, 0.1) is 12.7 Å². The minimum Gasteiger partial charge on any atom is -0.323 e. The van der Waals surface area contributed by atoms with Crippen molar-refractivity contribution in [3.8, 4) is 5.69 Å². The van der Waals surface area contributed by atoms with Gasteiger partial charge in [0.15, 0.2) is 0 Å². The summed E-state index contributed by atoms with van der Waals surface area (Å²) in [5, 5.41) is 0. The maximum absolute atomic E-state index is 13.4. The smallest absolute Gasteiger partial charge is 0.128 e. The first-order valence-corrected chi connectivity index (χ1v) is 5.14. The van der Waals surface area contributed by atoms with Crippen LogP contribution in [-0.4, -0.2) is 9.55 Å². The zero-order chi connectivity index (χ0) is 11.7. The van der Waals surface area contributed by atoms with E-state index in [1.807, 2.05) is 13.0 Å². The van der Waals surface area contributed by atoms with Gasteiger partial charge in [-0.05, 0) is 31.5 Å². The van der Waals surface area contributed by atoms with Gasteiger partial charge in [0.2, 0.25) is 0 Å². The van der Waals surface area contributed by atoms with Gasteiger partial charge in [-0.3, -0.25) is 0 Å². The minimum atomic E-state index is -0.221. The van der Waals surface area contributed by atoms with Gasteiger partial charge in [-0.1, -0.05) is 6.07 Å². The van der Waals surface area contributed by atoms with E-state index in [-0.39, 0.29) is 11.9 Å². The molecule has 3 nitrogen and oxygen atoms in total. The van der Waals surface area contributed by atoms with Gasteiger partial charge in [-0.2, -0.15) is 0 Å². The van der Waals surface area contributed by atoms with Crippen LogP contribution in [0.5, 0.6) is 0 Å². The molecule has 0 saturated carbocycles. The van der Waals surface area contributed by atoms with Crippen molar-refractivity contribution in [3.63, 3.8) is 0 Å². The third-order valence-corrected chi connectivity index (χ3v) is 2.57. The monoisotopic (exact) mass is 219 g/mol. The number of nitrogens with two attached hydrogens (primary N) is 1. The highest BCUT2D eigenvalue weighted by atomic mass is 19.1. The fourth-order valence-electron chi connectivity index (χ4n) is 1.59. The molecule has 0 amide bonds. The van der Waals surface area contributed by atoms with Gasteiger partial charge in [-0.15, -0.1) is 0 Å². The van der Waals surface area contributed by atoms with Crippen LogP contribution in [-0.2, 0) is 0 Å². The van der Waals surface area contributed by atoms with Gasteiger partial charge in [0.05, 0.1) is 18.2 Å². The van der Waals surface area contributed by atoms with Crippen molar-refractivity contribution in [1.82, 2.24) is 9.55 Å². The van der Waals surface area contributed by atoms with Gasteiger partial charge in [0.1, 0.15) is 5.82 Å². The lowest BCUT2D eigenvalue weighted by Crippen LogP contribution is -2.10. The Bertz CT molecular complexity index is 503. The van der Waals surface area contributed by atoms with Crippen LogP contribution < -0.4 is 5.73 Å². The highest BCUT2D eigenvalue weighted by molar-refractivity contribution is 5.37. The molecule has 0 saturated heterocycles. The first-order valence-electron chi connectivity index (χ1n) is 5.14. The van der Waals surface area contributed by atoms with E-state index in [0.29, 0.717) is 5.56 Å². The summed E-state index contributed by atoms with van der Waals surface area (Å²) in [7, 11) is 0. The minimum absolute atomic E-state index is 0.133. The fourth-order valence-corrected chi connectivity index (χ4v) is 1.59. The Hall–Kier alpha value is -1.68. The topological polar surface area (TPSA) is 43.8 Å². The summed E-state index contributed by atoms with van der Waals surface area (Å²) in [5.41, 5.74) is 8.05. The molecule has 84 valence electrons. The van der Waals surface area contributed by atoms with E-state index in [0.717, 1.165) is 11.4 Å². The van der Waals surface area contributed by atoms with Crippen molar-refractivity contribution in [2.24, 2.45) is 5.73 Å². The maximum atomic E-state index is 13.4. The molecule has 1 heterocycles. The summed E-state index contributed by atoms with van der Waals surface area (Å²) >= 11 is 0. The van der Waals surface area contributed by atoms with Gasteiger partial charge < -0.3 is 10.3 Å².